The molecule has 0 aliphatic carbocycles. The number of hydrogen-bond donors (Lipinski definition) is 1. The Labute approximate surface area is 146 Å². The summed E-state index contributed by atoms with van der Waals surface area (Å²) in [5.74, 6) is -0.699. The molecule has 25 heavy (non-hydrogen) atoms. The van der Waals surface area contributed by atoms with E-state index < -0.39 is 10.9 Å². The second-order valence-electron chi connectivity index (χ2n) is 4.93. The molecule has 8 heteroatoms. The van der Waals surface area contributed by atoms with E-state index in [-0.39, 0.29) is 24.5 Å². The molecule has 0 aliphatic heterocycles. The molecule has 0 atom stereocenters. The van der Waals surface area contributed by atoms with Crippen molar-refractivity contribution in [3.63, 3.8) is 0 Å². The van der Waals surface area contributed by atoms with Crippen LogP contribution in [0.5, 0.6) is 0 Å². The maximum atomic E-state index is 12.0. The molecule has 8 nitrogen and oxygen atoms in total. The van der Waals surface area contributed by atoms with Gasteiger partial charge in [-0.05, 0) is 18.9 Å². The van der Waals surface area contributed by atoms with Crippen LogP contribution in [-0.2, 0) is 20.8 Å². The van der Waals surface area contributed by atoms with Gasteiger partial charge in [-0.25, -0.2) is 4.79 Å². The second-order valence-corrected chi connectivity index (χ2v) is 4.93. The molecule has 0 aromatic heterocycles. The number of nitro benzene ring substituents is 1. The molecule has 0 fully saturated rings. The number of hydrogen-bond acceptors (Lipinski definition) is 7. The van der Waals surface area contributed by atoms with Crippen molar-refractivity contribution in [2.24, 2.45) is 0 Å². The Balaban J connectivity index is 2.72. The fourth-order valence-electron chi connectivity index (χ4n) is 1.98. The first kappa shape index (κ1) is 20.1. The minimum atomic E-state index is -0.699. The van der Waals surface area contributed by atoms with Crippen LogP contribution in [0.2, 0.25) is 0 Å². The Bertz CT molecular complexity index is 662. The molecular weight excluding hydrogens is 326 g/mol. The maximum absolute atomic E-state index is 12.0. The highest BCUT2D eigenvalue weighted by molar-refractivity contribution is 5.93. The van der Waals surface area contributed by atoms with E-state index in [1.54, 1.807) is 12.1 Å². The summed E-state index contributed by atoms with van der Waals surface area (Å²) in [6.45, 7) is 4.85. The molecule has 0 amide bonds. The minimum absolute atomic E-state index is 0.00518. The van der Waals surface area contributed by atoms with Crippen LogP contribution in [0.15, 0.2) is 35.5 Å². The summed E-state index contributed by atoms with van der Waals surface area (Å²) in [5.41, 5.74) is 1.17. The third kappa shape index (κ3) is 6.61. The van der Waals surface area contributed by atoms with Gasteiger partial charge in [-0.3, -0.25) is 10.1 Å². The molecule has 0 saturated carbocycles. The number of ether oxygens (including phenoxy) is 2. The molecular formula is C17H21N3O5. The van der Waals surface area contributed by atoms with Gasteiger partial charge in [0.1, 0.15) is 12.7 Å². The highest BCUT2D eigenvalue weighted by Gasteiger charge is 2.16. The van der Waals surface area contributed by atoms with E-state index >= 15 is 0 Å². The van der Waals surface area contributed by atoms with Gasteiger partial charge in [0.15, 0.2) is 5.57 Å². The lowest BCUT2D eigenvalue weighted by atomic mass is 10.1. The highest BCUT2D eigenvalue weighted by atomic mass is 16.6. The van der Waals surface area contributed by atoms with Gasteiger partial charge in [0.2, 0.25) is 0 Å². The van der Waals surface area contributed by atoms with Crippen LogP contribution < -0.4 is 5.32 Å². The monoisotopic (exact) mass is 347 g/mol. The molecule has 0 unspecified atom stereocenters. The van der Waals surface area contributed by atoms with Gasteiger partial charge in [0.05, 0.1) is 11.5 Å². The predicted molar refractivity (Wildman–Crippen MR) is 90.3 cm³/mol. The van der Waals surface area contributed by atoms with E-state index in [4.69, 9.17) is 9.47 Å². The number of esters is 1. The van der Waals surface area contributed by atoms with Gasteiger partial charge in [-0.1, -0.05) is 19.1 Å². The van der Waals surface area contributed by atoms with Crippen LogP contribution in [0.3, 0.4) is 0 Å². The van der Waals surface area contributed by atoms with Crippen LogP contribution in [-0.4, -0.2) is 30.7 Å². The van der Waals surface area contributed by atoms with Crippen molar-refractivity contribution >= 4 is 11.7 Å². The second kappa shape index (κ2) is 10.8. The van der Waals surface area contributed by atoms with E-state index in [0.717, 1.165) is 5.56 Å². The molecule has 1 aromatic rings. The molecule has 1 rings (SSSR count). The zero-order valence-electron chi connectivity index (χ0n) is 14.3. The Morgan fingerprint density at radius 1 is 1.28 bits per heavy atom. The number of nitrogens with zero attached hydrogens (tertiary/aromatic N) is 2. The summed E-state index contributed by atoms with van der Waals surface area (Å²) < 4.78 is 10.1. The smallest absolute Gasteiger partial charge is 0.350 e. The normalized spacial score (nSPS) is 11.2. The van der Waals surface area contributed by atoms with Gasteiger partial charge >= 0.3 is 5.97 Å². The Morgan fingerprint density at radius 2 is 1.96 bits per heavy atom. The zero-order valence-corrected chi connectivity index (χ0v) is 14.3. The van der Waals surface area contributed by atoms with Crippen molar-refractivity contribution in [2.45, 2.75) is 26.8 Å². The minimum Gasteiger partial charge on any atom is -0.459 e. The number of allylic oxidation sites excluding steroid dienone is 1. The molecule has 0 aliphatic rings. The third-order valence-electron chi connectivity index (χ3n) is 3.29. The van der Waals surface area contributed by atoms with E-state index in [1.165, 1.54) is 12.1 Å². The molecule has 0 spiro atoms. The first-order valence-corrected chi connectivity index (χ1v) is 7.88. The standard InChI is InChI=1S/C17H21N3O5/c1-3-16(15(11-18)17(21)25-10-9-24-4-2)19-12-13-5-7-14(8-6-13)20(22)23/h5-8,19H,3-4,9-10,12H2,1-2H3/b16-15-. The predicted octanol–water partition coefficient (Wildman–Crippen LogP) is 2.45. The van der Waals surface area contributed by atoms with Crippen molar-refractivity contribution in [2.75, 3.05) is 19.8 Å². The Hall–Kier alpha value is -2.92. The van der Waals surface area contributed by atoms with Crippen molar-refractivity contribution in [1.29, 1.82) is 5.26 Å². The van der Waals surface area contributed by atoms with Crippen molar-refractivity contribution in [1.82, 2.24) is 5.32 Å². The summed E-state index contributed by atoms with van der Waals surface area (Å²) in [6.07, 6.45) is 0.441. The van der Waals surface area contributed by atoms with Gasteiger partial charge in [0.25, 0.3) is 5.69 Å². The van der Waals surface area contributed by atoms with Crippen LogP contribution in [0.25, 0.3) is 0 Å². The van der Waals surface area contributed by atoms with Gasteiger partial charge < -0.3 is 14.8 Å². The van der Waals surface area contributed by atoms with E-state index in [9.17, 15) is 20.2 Å². The van der Waals surface area contributed by atoms with Gasteiger partial charge in [-0.15, -0.1) is 0 Å². The number of non-ortho nitro benzene ring substituents is 1. The van der Waals surface area contributed by atoms with Gasteiger partial charge in [-0.2, -0.15) is 5.26 Å². The summed E-state index contributed by atoms with van der Waals surface area (Å²) >= 11 is 0. The van der Waals surface area contributed by atoms with Crippen molar-refractivity contribution in [3.8, 4) is 6.07 Å². The first-order chi connectivity index (χ1) is 12.0. The lowest BCUT2D eigenvalue weighted by Gasteiger charge is -2.12. The van der Waals surface area contributed by atoms with Gasteiger partial charge in [0, 0.05) is 31.0 Å². The molecule has 0 bridgehead atoms. The van der Waals surface area contributed by atoms with E-state index in [1.807, 2.05) is 19.9 Å². The third-order valence-corrected chi connectivity index (χ3v) is 3.29. The van der Waals surface area contributed by atoms with Crippen LogP contribution in [0.4, 0.5) is 5.69 Å². The number of carbonyl (C=O) groups is 1. The fraction of sp³-hybridized carbons (Fsp3) is 0.412. The lowest BCUT2D eigenvalue weighted by molar-refractivity contribution is -0.384. The first-order valence-electron chi connectivity index (χ1n) is 7.88. The molecule has 0 radical (unpaired) electrons. The van der Waals surface area contributed by atoms with E-state index in [2.05, 4.69) is 5.32 Å². The number of benzene rings is 1. The topological polar surface area (TPSA) is 114 Å². The molecule has 1 aromatic carbocycles. The molecule has 1 N–H and O–H groups in total. The molecule has 0 heterocycles. The summed E-state index contributed by atoms with van der Waals surface area (Å²) in [4.78, 5) is 22.2. The number of nitriles is 1. The molecule has 0 saturated heterocycles. The maximum Gasteiger partial charge on any atom is 0.350 e. The summed E-state index contributed by atoms with van der Waals surface area (Å²) in [7, 11) is 0. The fourth-order valence-corrected chi connectivity index (χ4v) is 1.98. The summed E-state index contributed by atoms with van der Waals surface area (Å²) in [5, 5.41) is 22.9. The largest absolute Gasteiger partial charge is 0.459 e. The lowest BCUT2D eigenvalue weighted by Crippen LogP contribution is -2.20. The van der Waals surface area contributed by atoms with Crippen molar-refractivity contribution < 1.29 is 19.2 Å². The average Bonchev–Trinajstić information content (AvgIpc) is 2.62. The number of rotatable bonds is 10. The Kier molecular flexibility index (Phi) is 8.68. The molecule has 134 valence electrons. The average molecular weight is 347 g/mol. The highest BCUT2D eigenvalue weighted by Crippen LogP contribution is 2.13. The van der Waals surface area contributed by atoms with Crippen LogP contribution in [0.1, 0.15) is 25.8 Å². The number of carbonyl (C=O) groups excluding carboxylic acids is 1. The van der Waals surface area contributed by atoms with Crippen molar-refractivity contribution in [3.05, 3.63) is 51.2 Å². The van der Waals surface area contributed by atoms with Crippen LogP contribution in [0, 0.1) is 21.4 Å². The SMILES string of the molecule is CCOCCOC(=O)/C(C#N)=C(/CC)NCc1ccc([N+](=O)[O-])cc1. The van der Waals surface area contributed by atoms with Crippen LogP contribution >= 0.6 is 0 Å². The number of nitro groups is 1. The van der Waals surface area contributed by atoms with E-state index in [0.29, 0.717) is 25.3 Å². The summed E-state index contributed by atoms with van der Waals surface area (Å²) in [6, 6.07) is 7.90. The number of nitrogens with one attached hydrogen (secondary N) is 1. The zero-order chi connectivity index (χ0) is 18.7. The quantitative estimate of drug-likeness (QED) is 0.173. The Morgan fingerprint density at radius 3 is 2.48 bits per heavy atom.